The second-order valence-electron chi connectivity index (χ2n) is 8.62. The Labute approximate surface area is 196 Å². The van der Waals surface area contributed by atoms with E-state index in [1.807, 2.05) is 24.3 Å². The third-order valence-corrected chi connectivity index (χ3v) is 7.88. The summed E-state index contributed by atoms with van der Waals surface area (Å²) in [5.41, 5.74) is 1.01. The first-order chi connectivity index (χ1) is 15.2. The van der Waals surface area contributed by atoms with Crippen molar-refractivity contribution in [2.24, 2.45) is 11.8 Å². The van der Waals surface area contributed by atoms with Crippen molar-refractivity contribution in [2.45, 2.75) is 44.0 Å². The second kappa shape index (κ2) is 10.7. The van der Waals surface area contributed by atoms with Crippen molar-refractivity contribution in [2.75, 3.05) is 20.2 Å². The van der Waals surface area contributed by atoms with Gasteiger partial charge in [-0.15, -0.1) is 0 Å². The molecule has 32 heavy (non-hydrogen) atoms. The number of piperidine rings is 1. The van der Waals surface area contributed by atoms with Gasteiger partial charge in [0.1, 0.15) is 5.75 Å². The molecule has 2 aromatic carbocycles. The van der Waals surface area contributed by atoms with Crippen LogP contribution in [0.25, 0.3) is 0 Å². The topological polar surface area (TPSA) is 75.7 Å². The molecule has 0 unspecified atom stereocenters. The summed E-state index contributed by atoms with van der Waals surface area (Å²) in [6.45, 7) is 4.81. The number of methoxy groups -OCH3 is 1. The summed E-state index contributed by atoms with van der Waals surface area (Å²) >= 11 is 5.90. The predicted octanol–water partition coefficient (Wildman–Crippen LogP) is 4.65. The summed E-state index contributed by atoms with van der Waals surface area (Å²) in [5.74, 6) is 0.649. The Morgan fingerprint density at radius 1 is 1.16 bits per heavy atom. The molecule has 1 saturated heterocycles. The number of hydrogen-bond acceptors (Lipinski definition) is 4. The lowest BCUT2D eigenvalue weighted by atomic mass is 9.94. The van der Waals surface area contributed by atoms with E-state index in [1.54, 1.807) is 19.2 Å². The number of ether oxygens (including phenoxy) is 1. The molecule has 0 bridgehead atoms. The number of carbonyl (C=O) groups is 1. The van der Waals surface area contributed by atoms with Crippen molar-refractivity contribution in [3.63, 3.8) is 0 Å². The first-order valence-electron chi connectivity index (χ1n) is 10.9. The molecule has 1 N–H and O–H groups in total. The Hall–Kier alpha value is -2.09. The first kappa shape index (κ1) is 24.6. The molecule has 1 heterocycles. The van der Waals surface area contributed by atoms with Crippen LogP contribution in [-0.4, -0.2) is 38.8 Å². The number of hydrogen-bond donors (Lipinski definition) is 1. The fourth-order valence-electron chi connectivity index (χ4n) is 4.01. The highest BCUT2D eigenvalue weighted by Gasteiger charge is 2.34. The number of sulfonamides is 1. The van der Waals surface area contributed by atoms with Gasteiger partial charge < -0.3 is 10.1 Å². The summed E-state index contributed by atoms with van der Waals surface area (Å²) in [7, 11) is -2.05. The van der Waals surface area contributed by atoms with E-state index in [1.165, 1.54) is 16.4 Å². The minimum atomic E-state index is -3.67. The summed E-state index contributed by atoms with van der Waals surface area (Å²) in [6, 6.07) is 13.7. The van der Waals surface area contributed by atoms with E-state index in [4.69, 9.17) is 16.3 Å². The van der Waals surface area contributed by atoms with Gasteiger partial charge in [-0.05, 0) is 67.1 Å². The molecule has 1 aliphatic rings. The number of carbonyl (C=O) groups excluding carboxylic acids is 1. The van der Waals surface area contributed by atoms with Gasteiger partial charge in [0.25, 0.3) is 0 Å². The highest BCUT2D eigenvalue weighted by Crippen LogP contribution is 2.27. The summed E-state index contributed by atoms with van der Waals surface area (Å²) in [5, 5.41) is 3.65. The fraction of sp³-hybridized carbons (Fsp3) is 0.458. The zero-order valence-electron chi connectivity index (χ0n) is 18.8. The quantitative estimate of drug-likeness (QED) is 0.599. The Balaban J connectivity index is 1.72. The van der Waals surface area contributed by atoms with Crippen molar-refractivity contribution in [3.05, 3.63) is 59.1 Å². The third-order valence-electron chi connectivity index (χ3n) is 5.75. The normalized spacial score (nSPS) is 18.3. The van der Waals surface area contributed by atoms with Gasteiger partial charge in [0.15, 0.2) is 0 Å². The largest absolute Gasteiger partial charge is 0.497 e. The molecule has 3 rings (SSSR count). The Morgan fingerprint density at radius 2 is 1.81 bits per heavy atom. The average molecular weight is 479 g/mol. The SMILES string of the molecule is COc1ccc([C@@H](CC(C)C)NC(=O)[C@@H]2CCCN(S(=O)(=O)c3ccc(Cl)cc3)C2)cc1. The highest BCUT2D eigenvalue weighted by molar-refractivity contribution is 7.89. The lowest BCUT2D eigenvalue weighted by molar-refractivity contribution is -0.127. The van der Waals surface area contributed by atoms with Crippen LogP contribution in [0.4, 0.5) is 0 Å². The molecule has 0 spiro atoms. The molecule has 1 amide bonds. The Bertz CT molecular complexity index is 1010. The molecule has 8 heteroatoms. The van der Waals surface area contributed by atoms with Crippen LogP contribution in [0.3, 0.4) is 0 Å². The van der Waals surface area contributed by atoms with Gasteiger partial charge >= 0.3 is 0 Å². The number of rotatable bonds is 8. The maximum atomic E-state index is 13.2. The number of nitrogens with one attached hydrogen (secondary N) is 1. The average Bonchev–Trinajstić information content (AvgIpc) is 2.78. The van der Waals surface area contributed by atoms with Crippen molar-refractivity contribution in [1.29, 1.82) is 0 Å². The van der Waals surface area contributed by atoms with Gasteiger partial charge in [-0.1, -0.05) is 37.6 Å². The Morgan fingerprint density at radius 3 is 2.41 bits per heavy atom. The van der Waals surface area contributed by atoms with Gasteiger partial charge in [0, 0.05) is 18.1 Å². The first-order valence-corrected chi connectivity index (χ1v) is 12.7. The number of amides is 1. The molecule has 0 radical (unpaired) electrons. The van der Waals surface area contributed by atoms with E-state index in [-0.39, 0.29) is 23.4 Å². The molecule has 174 valence electrons. The van der Waals surface area contributed by atoms with Gasteiger partial charge in [0.05, 0.1) is 24.0 Å². The lowest BCUT2D eigenvalue weighted by Crippen LogP contribution is -2.46. The summed E-state index contributed by atoms with van der Waals surface area (Å²) in [6.07, 6.45) is 2.09. The van der Waals surface area contributed by atoms with Crippen LogP contribution < -0.4 is 10.1 Å². The minimum Gasteiger partial charge on any atom is -0.497 e. The maximum Gasteiger partial charge on any atom is 0.243 e. The number of benzene rings is 2. The molecule has 2 aromatic rings. The molecule has 6 nitrogen and oxygen atoms in total. The summed E-state index contributed by atoms with van der Waals surface area (Å²) < 4.78 is 32.8. The number of nitrogens with zero attached hydrogens (tertiary/aromatic N) is 1. The van der Waals surface area contributed by atoms with Crippen LogP contribution >= 0.6 is 11.6 Å². The molecule has 1 fully saturated rings. The van der Waals surface area contributed by atoms with Gasteiger partial charge in [0.2, 0.25) is 15.9 Å². The molecule has 0 saturated carbocycles. The minimum absolute atomic E-state index is 0.109. The van der Waals surface area contributed by atoms with E-state index < -0.39 is 15.9 Å². The predicted molar refractivity (Wildman–Crippen MR) is 126 cm³/mol. The van der Waals surface area contributed by atoms with E-state index in [0.29, 0.717) is 30.3 Å². The van der Waals surface area contributed by atoms with E-state index in [9.17, 15) is 13.2 Å². The third kappa shape index (κ3) is 6.03. The molecule has 2 atom stereocenters. The van der Waals surface area contributed by atoms with Crippen LogP contribution in [0.2, 0.25) is 5.02 Å². The van der Waals surface area contributed by atoms with Crippen LogP contribution in [0.5, 0.6) is 5.75 Å². The van der Waals surface area contributed by atoms with Crippen molar-refractivity contribution in [3.8, 4) is 5.75 Å². The van der Waals surface area contributed by atoms with Crippen LogP contribution in [0.15, 0.2) is 53.4 Å². The summed E-state index contributed by atoms with van der Waals surface area (Å²) in [4.78, 5) is 13.4. The van der Waals surface area contributed by atoms with E-state index >= 15 is 0 Å². The van der Waals surface area contributed by atoms with Crippen LogP contribution in [0.1, 0.15) is 44.7 Å². The maximum absolute atomic E-state index is 13.2. The van der Waals surface area contributed by atoms with Crippen LogP contribution in [-0.2, 0) is 14.8 Å². The molecule has 1 aliphatic heterocycles. The van der Waals surface area contributed by atoms with E-state index in [2.05, 4.69) is 19.2 Å². The molecule has 0 aliphatic carbocycles. The lowest BCUT2D eigenvalue weighted by Gasteiger charge is -2.32. The zero-order chi connectivity index (χ0) is 23.3. The van der Waals surface area contributed by atoms with Crippen molar-refractivity contribution >= 4 is 27.5 Å². The standard InChI is InChI=1S/C24H31ClN2O4S/c1-17(2)15-23(18-6-10-21(31-3)11-7-18)26-24(28)19-5-4-14-27(16-19)32(29,30)22-12-8-20(25)9-13-22/h6-13,17,19,23H,4-5,14-16H2,1-3H3,(H,26,28)/t19-,23-/m1/s1. The van der Waals surface area contributed by atoms with Gasteiger partial charge in [-0.3, -0.25) is 4.79 Å². The second-order valence-corrected chi connectivity index (χ2v) is 11.0. The molecular weight excluding hydrogens is 448 g/mol. The molecule has 0 aromatic heterocycles. The highest BCUT2D eigenvalue weighted by atomic mass is 35.5. The zero-order valence-corrected chi connectivity index (χ0v) is 20.3. The van der Waals surface area contributed by atoms with E-state index in [0.717, 1.165) is 17.7 Å². The van der Waals surface area contributed by atoms with Gasteiger partial charge in [-0.25, -0.2) is 8.42 Å². The molecular formula is C24H31ClN2O4S. The fourth-order valence-corrected chi connectivity index (χ4v) is 5.66. The number of halogens is 1. The monoisotopic (exact) mass is 478 g/mol. The smallest absolute Gasteiger partial charge is 0.243 e. The van der Waals surface area contributed by atoms with Crippen LogP contribution in [0, 0.1) is 11.8 Å². The van der Waals surface area contributed by atoms with Crippen molar-refractivity contribution < 1.29 is 17.9 Å². The Kier molecular flexibility index (Phi) is 8.20. The van der Waals surface area contributed by atoms with Crippen molar-refractivity contribution in [1.82, 2.24) is 9.62 Å². The van der Waals surface area contributed by atoms with Gasteiger partial charge in [-0.2, -0.15) is 4.31 Å².